The summed E-state index contributed by atoms with van der Waals surface area (Å²) < 4.78 is 0. The van der Waals surface area contributed by atoms with Gasteiger partial charge in [0, 0.05) is 11.8 Å². The van der Waals surface area contributed by atoms with Crippen LogP contribution in [0.4, 0.5) is 0 Å². The number of ketones is 1. The van der Waals surface area contributed by atoms with Crippen molar-refractivity contribution in [2.75, 3.05) is 0 Å². The van der Waals surface area contributed by atoms with E-state index in [9.17, 15) is 4.79 Å². The average Bonchev–Trinajstić information content (AvgIpc) is 3.69. The van der Waals surface area contributed by atoms with E-state index in [0.717, 1.165) is 5.92 Å². The second kappa shape index (κ2) is 9.51. The number of rotatable bonds is 3. The molecule has 5 aliphatic carbocycles. The molecule has 0 spiro atoms. The largest absolute Gasteiger partial charge is 0.298 e. The number of fused-ring (bicyclic) bond motifs is 6. The molecule has 0 aliphatic heterocycles. The van der Waals surface area contributed by atoms with Crippen LogP contribution in [0.3, 0.4) is 0 Å². The molecule has 10 rings (SSSR count). The van der Waals surface area contributed by atoms with Crippen LogP contribution >= 0.6 is 0 Å². The summed E-state index contributed by atoms with van der Waals surface area (Å²) in [5, 5.41) is 2.96. The molecule has 4 fully saturated rings. The van der Waals surface area contributed by atoms with Gasteiger partial charge in [-0.2, -0.15) is 0 Å². The van der Waals surface area contributed by atoms with Gasteiger partial charge in [0.25, 0.3) is 0 Å². The summed E-state index contributed by atoms with van der Waals surface area (Å²) in [7, 11) is 0. The zero-order valence-electron chi connectivity index (χ0n) is 25.1. The maximum Gasteiger partial charge on any atom is 0.148 e. The van der Waals surface area contributed by atoms with Crippen molar-refractivity contribution < 1.29 is 4.79 Å². The quantitative estimate of drug-likeness (QED) is 0.207. The van der Waals surface area contributed by atoms with E-state index in [-0.39, 0.29) is 11.8 Å². The highest BCUT2D eigenvalue weighted by atomic mass is 16.1. The molecule has 44 heavy (non-hydrogen) atoms. The summed E-state index contributed by atoms with van der Waals surface area (Å²) in [5.74, 6) is 4.84. The minimum Gasteiger partial charge on any atom is -0.298 e. The second-order valence-corrected chi connectivity index (χ2v) is 14.5. The topological polar surface area (TPSA) is 17.1 Å². The summed E-state index contributed by atoms with van der Waals surface area (Å²) in [6, 6.07) is 42.7. The van der Waals surface area contributed by atoms with Crippen molar-refractivity contribution in [3.8, 4) is 22.3 Å². The second-order valence-electron chi connectivity index (χ2n) is 14.5. The summed E-state index contributed by atoms with van der Waals surface area (Å²) in [5.41, 5.74) is 9.71. The standard InChI is InChI=1S/C43H38O/c44-43-37(25-11-3-1-4-12-25)41-35-20-10-19-33-30(22-24-36(40(33)35)42(41)38(43)26-13-5-2-6-14-26)29-21-23-34-28-16-8-7-15-27(28)31-17-9-18-32(29)39(31)34/h1-9,11-18,21,23,30,33,35-38,40-42H,10,19-20,22,24H2. The maximum atomic E-state index is 14.6. The molecule has 0 aromatic heterocycles. The predicted molar refractivity (Wildman–Crippen MR) is 179 cm³/mol. The smallest absolute Gasteiger partial charge is 0.148 e. The molecule has 216 valence electrons. The van der Waals surface area contributed by atoms with E-state index in [1.54, 1.807) is 5.56 Å². The SMILES string of the molecule is O=C1C(c2ccccc2)C2C3CCCC4C(c5ccc6c7c(cccc57)-c5ccccc5-6)CCC(C43)C2C1c1ccccc1. The van der Waals surface area contributed by atoms with Crippen molar-refractivity contribution in [1.29, 1.82) is 0 Å². The highest BCUT2D eigenvalue weighted by Crippen LogP contribution is 2.70. The molecule has 0 amide bonds. The molecule has 0 radical (unpaired) electrons. The molecule has 4 saturated carbocycles. The molecule has 0 saturated heterocycles. The van der Waals surface area contributed by atoms with Crippen molar-refractivity contribution >= 4 is 16.6 Å². The molecule has 0 heterocycles. The van der Waals surface area contributed by atoms with Crippen LogP contribution in [0.15, 0.2) is 115 Å². The number of benzene rings is 5. The van der Waals surface area contributed by atoms with Gasteiger partial charge in [-0.3, -0.25) is 4.79 Å². The molecule has 0 bridgehead atoms. The zero-order chi connectivity index (χ0) is 28.9. The van der Waals surface area contributed by atoms with Crippen molar-refractivity contribution in [2.24, 2.45) is 35.5 Å². The van der Waals surface area contributed by atoms with Crippen LogP contribution in [0.25, 0.3) is 33.0 Å². The third kappa shape index (κ3) is 3.34. The van der Waals surface area contributed by atoms with Crippen LogP contribution < -0.4 is 0 Å². The van der Waals surface area contributed by atoms with Gasteiger partial charge in [-0.1, -0.05) is 122 Å². The molecule has 5 aliphatic rings. The predicted octanol–water partition coefficient (Wildman–Crippen LogP) is 10.4. The van der Waals surface area contributed by atoms with E-state index in [2.05, 4.69) is 115 Å². The Labute approximate surface area is 260 Å². The van der Waals surface area contributed by atoms with Crippen LogP contribution in [0.1, 0.15) is 66.5 Å². The Morgan fingerprint density at radius 2 is 1.02 bits per heavy atom. The first kappa shape index (κ1) is 25.4. The molecule has 5 aromatic carbocycles. The summed E-state index contributed by atoms with van der Waals surface area (Å²) in [6.45, 7) is 0. The Bertz CT molecular complexity index is 1830. The third-order valence-electron chi connectivity index (χ3n) is 13.0. The lowest BCUT2D eigenvalue weighted by Gasteiger charge is -2.48. The van der Waals surface area contributed by atoms with Gasteiger partial charge in [-0.05, 0) is 117 Å². The zero-order valence-corrected chi connectivity index (χ0v) is 25.1. The number of hydrogen-bond donors (Lipinski definition) is 0. The number of carbonyl (C=O) groups excluding carboxylic acids is 1. The fourth-order valence-corrected chi connectivity index (χ4v) is 11.8. The molecular weight excluding hydrogens is 532 g/mol. The lowest BCUT2D eigenvalue weighted by atomic mass is 9.57. The fourth-order valence-electron chi connectivity index (χ4n) is 11.8. The monoisotopic (exact) mass is 570 g/mol. The Kier molecular flexibility index (Phi) is 5.48. The molecular formula is C43H38O. The Hall–Kier alpha value is -3.97. The molecule has 9 atom stereocenters. The highest BCUT2D eigenvalue weighted by molar-refractivity contribution is 6.16. The molecule has 9 unspecified atom stereocenters. The summed E-state index contributed by atoms with van der Waals surface area (Å²) in [4.78, 5) is 14.6. The highest BCUT2D eigenvalue weighted by Gasteiger charge is 2.66. The van der Waals surface area contributed by atoms with Crippen molar-refractivity contribution in [3.63, 3.8) is 0 Å². The van der Waals surface area contributed by atoms with Crippen LogP contribution in [0, 0.1) is 35.5 Å². The Morgan fingerprint density at radius 3 is 1.70 bits per heavy atom. The van der Waals surface area contributed by atoms with Crippen LogP contribution in [0.5, 0.6) is 0 Å². The number of hydrogen-bond acceptors (Lipinski definition) is 1. The van der Waals surface area contributed by atoms with Gasteiger partial charge < -0.3 is 0 Å². The van der Waals surface area contributed by atoms with Gasteiger partial charge in [0.2, 0.25) is 0 Å². The van der Waals surface area contributed by atoms with Crippen LogP contribution in [-0.4, -0.2) is 5.78 Å². The minimum absolute atomic E-state index is 0.0366. The molecule has 1 heteroatoms. The normalized spacial score (nSPS) is 32.8. The van der Waals surface area contributed by atoms with E-state index in [1.807, 2.05) is 0 Å². The van der Waals surface area contributed by atoms with E-state index >= 15 is 0 Å². The van der Waals surface area contributed by atoms with Crippen LogP contribution in [-0.2, 0) is 4.79 Å². The fraction of sp³-hybridized carbons (Fsp3) is 0.326. The van der Waals surface area contributed by atoms with Crippen molar-refractivity contribution in [3.05, 3.63) is 132 Å². The first-order valence-corrected chi connectivity index (χ1v) is 17.1. The van der Waals surface area contributed by atoms with Crippen LogP contribution in [0.2, 0.25) is 0 Å². The van der Waals surface area contributed by atoms with E-state index in [1.165, 1.54) is 76.3 Å². The summed E-state index contributed by atoms with van der Waals surface area (Å²) in [6.07, 6.45) is 6.44. The van der Waals surface area contributed by atoms with Crippen molar-refractivity contribution in [2.45, 2.75) is 49.9 Å². The van der Waals surface area contributed by atoms with Gasteiger partial charge in [0.15, 0.2) is 0 Å². The summed E-state index contributed by atoms with van der Waals surface area (Å²) >= 11 is 0. The van der Waals surface area contributed by atoms with Gasteiger partial charge >= 0.3 is 0 Å². The molecule has 1 nitrogen and oxygen atoms in total. The van der Waals surface area contributed by atoms with Gasteiger partial charge in [0.1, 0.15) is 5.78 Å². The average molecular weight is 571 g/mol. The Balaban J connectivity index is 1.09. The maximum absolute atomic E-state index is 14.6. The third-order valence-corrected chi connectivity index (χ3v) is 13.0. The van der Waals surface area contributed by atoms with Crippen molar-refractivity contribution in [1.82, 2.24) is 0 Å². The van der Waals surface area contributed by atoms with Gasteiger partial charge in [-0.15, -0.1) is 0 Å². The lowest BCUT2D eigenvalue weighted by Crippen LogP contribution is -2.39. The number of carbonyl (C=O) groups is 1. The molecule has 5 aromatic rings. The first-order chi connectivity index (χ1) is 21.8. The van der Waals surface area contributed by atoms with E-state index in [0.29, 0.717) is 41.3 Å². The molecule has 0 N–H and O–H groups in total. The van der Waals surface area contributed by atoms with E-state index in [4.69, 9.17) is 0 Å². The lowest BCUT2D eigenvalue weighted by molar-refractivity contribution is -0.121. The number of Topliss-reactive ketones (excluding diaryl/α,β-unsaturated/α-hetero) is 1. The first-order valence-electron chi connectivity index (χ1n) is 17.1. The Morgan fingerprint density at radius 1 is 0.455 bits per heavy atom. The van der Waals surface area contributed by atoms with Gasteiger partial charge in [-0.25, -0.2) is 0 Å². The van der Waals surface area contributed by atoms with E-state index < -0.39 is 0 Å². The van der Waals surface area contributed by atoms with Gasteiger partial charge in [0.05, 0.1) is 0 Å². The minimum atomic E-state index is 0.0366.